The van der Waals surface area contributed by atoms with Gasteiger partial charge in [0.2, 0.25) is 0 Å². The molecule has 3 nitrogen and oxygen atoms in total. The smallest absolute Gasteiger partial charge is 0.331 e. The third kappa shape index (κ3) is 4.87. The molecule has 1 aromatic rings. The topological polar surface area (TPSA) is 38.3 Å². The molecule has 5 heteroatoms. The van der Waals surface area contributed by atoms with Gasteiger partial charge in [0, 0.05) is 28.4 Å². The fourth-order valence-electron chi connectivity index (χ4n) is 1.37. The van der Waals surface area contributed by atoms with E-state index in [-0.39, 0.29) is 6.61 Å². The molecular formula is C14H15BrFNO2. The molecule has 1 rings (SSSR count). The standard InChI is InChI=1S/C14H15BrFNO2/c1-3-7-17-10-5-6-11(13(16)8-10)12(15)9-14(18)19-4-2/h3,5-6,8-9,17H,1,4,7H2,2H3. The predicted molar refractivity (Wildman–Crippen MR) is 78.6 cm³/mol. The van der Waals surface area contributed by atoms with E-state index in [9.17, 15) is 9.18 Å². The maximum Gasteiger partial charge on any atom is 0.331 e. The van der Waals surface area contributed by atoms with Gasteiger partial charge in [-0.2, -0.15) is 0 Å². The van der Waals surface area contributed by atoms with Crippen molar-refractivity contribution in [2.24, 2.45) is 0 Å². The van der Waals surface area contributed by atoms with E-state index < -0.39 is 11.8 Å². The molecule has 19 heavy (non-hydrogen) atoms. The summed E-state index contributed by atoms with van der Waals surface area (Å²) in [6, 6.07) is 4.67. The number of hydrogen-bond acceptors (Lipinski definition) is 3. The molecule has 102 valence electrons. The Morgan fingerprint density at radius 2 is 2.32 bits per heavy atom. The van der Waals surface area contributed by atoms with E-state index in [1.54, 1.807) is 25.1 Å². The third-order valence-electron chi connectivity index (χ3n) is 2.21. The molecule has 1 aromatic carbocycles. The normalized spacial score (nSPS) is 11.0. The van der Waals surface area contributed by atoms with Crippen molar-refractivity contribution in [3.05, 3.63) is 48.3 Å². The fraction of sp³-hybridized carbons (Fsp3) is 0.214. The Balaban J connectivity index is 2.89. The van der Waals surface area contributed by atoms with Crippen LogP contribution in [0.3, 0.4) is 0 Å². The van der Waals surface area contributed by atoms with Crippen LogP contribution in [0.4, 0.5) is 10.1 Å². The van der Waals surface area contributed by atoms with Crippen molar-refractivity contribution in [3.8, 4) is 0 Å². The Hall–Kier alpha value is -1.62. The van der Waals surface area contributed by atoms with E-state index in [4.69, 9.17) is 4.74 Å². The number of hydrogen-bond donors (Lipinski definition) is 1. The van der Waals surface area contributed by atoms with Crippen LogP contribution in [0.5, 0.6) is 0 Å². The summed E-state index contributed by atoms with van der Waals surface area (Å²) in [4.78, 5) is 11.3. The van der Waals surface area contributed by atoms with Gasteiger partial charge in [-0.05, 0) is 41.1 Å². The Morgan fingerprint density at radius 3 is 2.89 bits per heavy atom. The first-order chi connectivity index (χ1) is 9.08. The summed E-state index contributed by atoms with van der Waals surface area (Å²) < 4.78 is 19.0. The number of halogens is 2. The van der Waals surface area contributed by atoms with Crippen LogP contribution in [-0.2, 0) is 9.53 Å². The number of esters is 1. The zero-order chi connectivity index (χ0) is 14.3. The van der Waals surface area contributed by atoms with Crippen molar-refractivity contribution in [2.75, 3.05) is 18.5 Å². The summed E-state index contributed by atoms with van der Waals surface area (Å²) >= 11 is 3.17. The van der Waals surface area contributed by atoms with Crippen molar-refractivity contribution in [3.63, 3.8) is 0 Å². The molecule has 0 spiro atoms. The lowest BCUT2D eigenvalue weighted by Crippen LogP contribution is -2.01. The van der Waals surface area contributed by atoms with Crippen LogP contribution in [0.25, 0.3) is 4.48 Å². The SMILES string of the molecule is C=CCNc1ccc(C(Br)=CC(=O)OCC)c(F)c1. The molecule has 0 atom stereocenters. The Morgan fingerprint density at radius 1 is 1.58 bits per heavy atom. The highest BCUT2D eigenvalue weighted by atomic mass is 79.9. The van der Waals surface area contributed by atoms with Crippen LogP contribution >= 0.6 is 15.9 Å². The second-order valence-corrected chi connectivity index (χ2v) is 4.46. The number of carbonyl (C=O) groups excluding carboxylic acids is 1. The van der Waals surface area contributed by atoms with Gasteiger partial charge in [-0.15, -0.1) is 6.58 Å². The van der Waals surface area contributed by atoms with Crippen molar-refractivity contribution >= 4 is 32.1 Å². The fourth-order valence-corrected chi connectivity index (χ4v) is 1.88. The summed E-state index contributed by atoms with van der Waals surface area (Å²) in [7, 11) is 0. The molecular weight excluding hydrogens is 313 g/mol. The van der Waals surface area contributed by atoms with Gasteiger partial charge in [-0.25, -0.2) is 9.18 Å². The van der Waals surface area contributed by atoms with Crippen LogP contribution < -0.4 is 5.32 Å². The number of ether oxygens (including phenoxy) is 1. The second kappa shape index (κ2) is 7.74. The maximum absolute atomic E-state index is 13.9. The van der Waals surface area contributed by atoms with Gasteiger partial charge in [0.1, 0.15) is 5.82 Å². The minimum absolute atomic E-state index is 0.280. The minimum atomic E-state index is -0.511. The van der Waals surface area contributed by atoms with Crippen LogP contribution in [0, 0.1) is 5.82 Å². The molecule has 0 unspecified atom stereocenters. The summed E-state index contributed by atoms with van der Waals surface area (Å²) in [6.07, 6.45) is 2.89. The summed E-state index contributed by atoms with van der Waals surface area (Å²) in [5.41, 5.74) is 0.954. The van der Waals surface area contributed by atoms with Crippen LogP contribution in [0.2, 0.25) is 0 Å². The molecule has 0 saturated heterocycles. The lowest BCUT2D eigenvalue weighted by atomic mass is 10.1. The van der Waals surface area contributed by atoms with Crippen molar-refractivity contribution in [2.45, 2.75) is 6.92 Å². The largest absolute Gasteiger partial charge is 0.463 e. The van der Waals surface area contributed by atoms with Gasteiger partial charge in [-0.3, -0.25) is 0 Å². The highest BCUT2D eigenvalue weighted by Crippen LogP contribution is 2.26. The molecule has 1 N–H and O–H groups in total. The summed E-state index contributed by atoms with van der Waals surface area (Å²) in [5.74, 6) is -0.941. The molecule has 0 bridgehead atoms. The van der Waals surface area contributed by atoms with Crippen molar-refractivity contribution in [1.82, 2.24) is 0 Å². The predicted octanol–water partition coefficient (Wildman–Crippen LogP) is 3.72. The van der Waals surface area contributed by atoms with Gasteiger partial charge in [0.15, 0.2) is 0 Å². The van der Waals surface area contributed by atoms with E-state index in [0.29, 0.717) is 22.3 Å². The Labute approximate surface area is 120 Å². The van der Waals surface area contributed by atoms with Crippen molar-refractivity contribution in [1.29, 1.82) is 0 Å². The zero-order valence-corrected chi connectivity index (χ0v) is 12.2. The first-order valence-corrected chi connectivity index (χ1v) is 6.56. The Bertz CT molecular complexity index is 500. The molecule has 0 amide bonds. The molecule has 0 fully saturated rings. The monoisotopic (exact) mass is 327 g/mol. The van der Waals surface area contributed by atoms with Crippen LogP contribution in [0.1, 0.15) is 12.5 Å². The first kappa shape index (κ1) is 15.4. The van der Waals surface area contributed by atoms with Crippen LogP contribution in [-0.4, -0.2) is 19.1 Å². The molecule has 0 aliphatic heterocycles. The number of anilines is 1. The Kier molecular flexibility index (Phi) is 6.29. The number of nitrogens with one attached hydrogen (secondary N) is 1. The maximum atomic E-state index is 13.9. The minimum Gasteiger partial charge on any atom is -0.463 e. The molecule has 0 aliphatic rings. The van der Waals surface area contributed by atoms with E-state index in [1.807, 2.05) is 0 Å². The van der Waals surface area contributed by atoms with E-state index in [0.717, 1.165) is 0 Å². The van der Waals surface area contributed by atoms with Crippen LogP contribution in [0.15, 0.2) is 36.9 Å². The van der Waals surface area contributed by atoms with Gasteiger partial charge < -0.3 is 10.1 Å². The molecule has 0 aliphatic carbocycles. The van der Waals surface area contributed by atoms with E-state index in [2.05, 4.69) is 27.8 Å². The molecule has 0 saturated carbocycles. The average Bonchev–Trinajstić information content (AvgIpc) is 2.36. The van der Waals surface area contributed by atoms with Gasteiger partial charge in [0.25, 0.3) is 0 Å². The van der Waals surface area contributed by atoms with Crippen molar-refractivity contribution < 1.29 is 13.9 Å². The lowest BCUT2D eigenvalue weighted by Gasteiger charge is -2.07. The number of rotatable bonds is 6. The second-order valence-electron chi connectivity index (χ2n) is 3.61. The average molecular weight is 328 g/mol. The highest BCUT2D eigenvalue weighted by molar-refractivity contribution is 9.15. The quantitative estimate of drug-likeness (QED) is 0.491. The first-order valence-electron chi connectivity index (χ1n) is 5.77. The van der Waals surface area contributed by atoms with E-state index >= 15 is 0 Å². The highest BCUT2D eigenvalue weighted by Gasteiger charge is 2.08. The zero-order valence-electron chi connectivity index (χ0n) is 10.6. The molecule has 0 heterocycles. The molecule has 0 aromatic heterocycles. The third-order valence-corrected chi connectivity index (χ3v) is 2.86. The number of benzene rings is 1. The van der Waals surface area contributed by atoms with Gasteiger partial charge >= 0.3 is 5.97 Å². The van der Waals surface area contributed by atoms with E-state index in [1.165, 1.54) is 12.1 Å². The number of carbonyl (C=O) groups is 1. The van der Waals surface area contributed by atoms with Gasteiger partial charge in [0.05, 0.1) is 6.61 Å². The lowest BCUT2D eigenvalue weighted by molar-refractivity contribution is -0.137. The van der Waals surface area contributed by atoms with Gasteiger partial charge in [-0.1, -0.05) is 6.08 Å². The molecule has 0 radical (unpaired) electrons. The summed E-state index contributed by atoms with van der Waals surface area (Å²) in [5, 5.41) is 2.98. The summed E-state index contributed by atoms with van der Waals surface area (Å²) in [6.45, 7) is 6.11.